The molecule has 0 aliphatic heterocycles. The fourth-order valence-electron chi connectivity index (χ4n) is 4.60. The number of aryl methyl sites for hydroxylation is 1. The van der Waals surface area contributed by atoms with Crippen molar-refractivity contribution >= 4 is 29.1 Å². The maximum atomic E-state index is 12.7. The first-order chi connectivity index (χ1) is 16.3. The molecule has 3 N–H and O–H groups in total. The first kappa shape index (κ1) is 24.3. The van der Waals surface area contributed by atoms with E-state index in [9.17, 15) is 14.4 Å². The van der Waals surface area contributed by atoms with Gasteiger partial charge in [-0.2, -0.15) is 0 Å². The molecule has 1 amide bonds. The fourth-order valence-corrected chi connectivity index (χ4v) is 4.88. The van der Waals surface area contributed by atoms with Crippen molar-refractivity contribution in [2.75, 3.05) is 0 Å². The second-order valence-electron chi connectivity index (χ2n) is 9.49. The lowest BCUT2D eigenvalue weighted by atomic mass is 9.94. The van der Waals surface area contributed by atoms with Gasteiger partial charge in [-0.15, -0.1) is 0 Å². The largest absolute Gasteiger partial charge is 0.480 e. The zero-order chi connectivity index (χ0) is 24.2. The Morgan fingerprint density at radius 1 is 1.18 bits per heavy atom. The fraction of sp³-hybridized carbons (Fsp3) is 0.444. The van der Waals surface area contributed by atoms with Gasteiger partial charge in [-0.25, -0.2) is 0 Å². The molecule has 0 unspecified atom stereocenters. The van der Waals surface area contributed by atoms with E-state index in [1.165, 1.54) is 19.8 Å². The number of allylic oxidation sites excluding steroid dienone is 1. The van der Waals surface area contributed by atoms with E-state index >= 15 is 0 Å². The SMILES string of the molecule is C[C@H](NC(=O)CCc1ccc(/C(=C\C2CCCC2)c2ccc(C3CC3)c(=O)[nH]2)cc1Cl)C(=O)O. The van der Waals surface area contributed by atoms with Crippen molar-refractivity contribution in [2.24, 2.45) is 5.92 Å². The summed E-state index contributed by atoms with van der Waals surface area (Å²) in [7, 11) is 0. The van der Waals surface area contributed by atoms with Crippen LogP contribution in [0.25, 0.3) is 5.57 Å². The molecular formula is C27H31ClN2O4. The highest BCUT2D eigenvalue weighted by Crippen LogP contribution is 2.39. The Bertz CT molecular complexity index is 1160. The average molecular weight is 483 g/mol. The van der Waals surface area contributed by atoms with Crippen molar-refractivity contribution < 1.29 is 14.7 Å². The number of aliphatic carboxylic acids is 1. The molecular weight excluding hydrogens is 452 g/mol. The van der Waals surface area contributed by atoms with Crippen LogP contribution in [0.5, 0.6) is 0 Å². The van der Waals surface area contributed by atoms with Crippen LogP contribution in [0, 0.1) is 5.92 Å². The average Bonchev–Trinajstić information content (AvgIpc) is 3.51. The zero-order valence-corrected chi connectivity index (χ0v) is 20.2. The highest BCUT2D eigenvalue weighted by Gasteiger charge is 2.26. The molecule has 6 nitrogen and oxygen atoms in total. The van der Waals surface area contributed by atoms with Crippen LogP contribution in [0.15, 0.2) is 41.2 Å². The van der Waals surface area contributed by atoms with Crippen molar-refractivity contribution in [2.45, 2.75) is 70.3 Å². The molecule has 0 radical (unpaired) electrons. The summed E-state index contributed by atoms with van der Waals surface area (Å²) in [6.45, 7) is 1.43. The number of carbonyl (C=O) groups is 2. The Hall–Kier alpha value is -2.86. The topological polar surface area (TPSA) is 99.3 Å². The van der Waals surface area contributed by atoms with Gasteiger partial charge in [0, 0.05) is 28.3 Å². The molecule has 1 atom stereocenters. The molecule has 7 heteroatoms. The number of aromatic amines is 1. The Labute approximate surface area is 204 Å². The van der Waals surface area contributed by atoms with Gasteiger partial charge in [0.25, 0.3) is 5.56 Å². The van der Waals surface area contributed by atoms with Crippen LogP contribution in [0.4, 0.5) is 0 Å². The van der Waals surface area contributed by atoms with E-state index < -0.39 is 12.0 Å². The molecule has 2 aliphatic rings. The van der Waals surface area contributed by atoms with E-state index in [0.29, 0.717) is 23.3 Å². The van der Waals surface area contributed by atoms with E-state index in [1.54, 1.807) is 0 Å². The number of nitrogens with one attached hydrogen (secondary N) is 2. The number of pyridine rings is 1. The lowest BCUT2D eigenvalue weighted by Crippen LogP contribution is -2.38. The van der Waals surface area contributed by atoms with Crippen LogP contribution < -0.4 is 10.9 Å². The number of carbonyl (C=O) groups excluding carboxylic acids is 1. The summed E-state index contributed by atoms with van der Waals surface area (Å²) in [5.74, 6) is -0.532. The number of carboxylic acids is 1. The molecule has 1 heterocycles. The van der Waals surface area contributed by atoms with Crippen molar-refractivity contribution in [3.05, 3.63) is 74.2 Å². The predicted molar refractivity (Wildman–Crippen MR) is 133 cm³/mol. The maximum absolute atomic E-state index is 12.7. The van der Waals surface area contributed by atoms with E-state index in [4.69, 9.17) is 16.7 Å². The molecule has 4 rings (SSSR count). The number of amides is 1. The molecule has 34 heavy (non-hydrogen) atoms. The molecule has 180 valence electrons. The Morgan fingerprint density at radius 2 is 1.91 bits per heavy atom. The summed E-state index contributed by atoms with van der Waals surface area (Å²) in [6, 6.07) is 8.81. The quantitative estimate of drug-likeness (QED) is 0.465. The van der Waals surface area contributed by atoms with E-state index in [0.717, 1.165) is 53.6 Å². The summed E-state index contributed by atoms with van der Waals surface area (Å²) in [5, 5.41) is 11.9. The zero-order valence-electron chi connectivity index (χ0n) is 19.4. The van der Waals surface area contributed by atoms with Gasteiger partial charge in [0.1, 0.15) is 6.04 Å². The Morgan fingerprint density at radius 3 is 2.53 bits per heavy atom. The summed E-state index contributed by atoms with van der Waals surface area (Å²) in [5.41, 5.74) is 4.38. The summed E-state index contributed by atoms with van der Waals surface area (Å²) in [6.07, 6.45) is 9.70. The second-order valence-corrected chi connectivity index (χ2v) is 9.90. The van der Waals surface area contributed by atoms with E-state index in [-0.39, 0.29) is 17.9 Å². The third-order valence-electron chi connectivity index (χ3n) is 6.78. The van der Waals surface area contributed by atoms with Crippen molar-refractivity contribution in [3.8, 4) is 0 Å². The third kappa shape index (κ3) is 5.98. The molecule has 0 saturated heterocycles. The normalized spacial score (nSPS) is 17.5. The Kier molecular flexibility index (Phi) is 7.57. The smallest absolute Gasteiger partial charge is 0.325 e. The van der Waals surface area contributed by atoms with Gasteiger partial charge in [-0.3, -0.25) is 14.4 Å². The third-order valence-corrected chi connectivity index (χ3v) is 7.13. The van der Waals surface area contributed by atoms with Gasteiger partial charge in [0.2, 0.25) is 5.91 Å². The van der Waals surface area contributed by atoms with Crippen LogP contribution in [0.3, 0.4) is 0 Å². The Balaban J connectivity index is 1.55. The minimum Gasteiger partial charge on any atom is -0.480 e. The monoisotopic (exact) mass is 482 g/mol. The van der Waals surface area contributed by atoms with Crippen LogP contribution in [0.1, 0.15) is 80.2 Å². The first-order valence-electron chi connectivity index (χ1n) is 12.1. The van der Waals surface area contributed by atoms with Crippen molar-refractivity contribution in [3.63, 3.8) is 0 Å². The minimum absolute atomic E-state index is 0.0124. The number of hydrogen-bond donors (Lipinski definition) is 3. The number of halogens is 1. The summed E-state index contributed by atoms with van der Waals surface area (Å²) >= 11 is 6.60. The summed E-state index contributed by atoms with van der Waals surface area (Å²) < 4.78 is 0. The van der Waals surface area contributed by atoms with E-state index in [1.807, 2.05) is 30.3 Å². The lowest BCUT2D eigenvalue weighted by Gasteiger charge is -2.14. The standard InChI is InChI=1S/C27H31ClN2O4/c1-16(27(33)34)29-25(31)13-10-19-8-9-20(15-23(19)28)22(14-17-4-2-3-5-17)24-12-11-21(18-6-7-18)26(32)30-24/h8-9,11-12,14-18H,2-7,10,13H2,1H3,(H,29,31)(H,30,32)(H,33,34)/b22-14+/t16-/m0/s1. The van der Waals surface area contributed by atoms with Gasteiger partial charge in [0.05, 0.1) is 0 Å². The van der Waals surface area contributed by atoms with Crippen LogP contribution >= 0.6 is 11.6 Å². The lowest BCUT2D eigenvalue weighted by molar-refractivity contribution is -0.141. The van der Waals surface area contributed by atoms with Gasteiger partial charge >= 0.3 is 5.97 Å². The number of H-pyrrole nitrogens is 1. The molecule has 0 spiro atoms. The molecule has 2 saturated carbocycles. The number of aromatic nitrogens is 1. The predicted octanol–water partition coefficient (Wildman–Crippen LogP) is 5.05. The van der Waals surface area contributed by atoms with Crippen LogP contribution in [-0.2, 0) is 16.0 Å². The van der Waals surface area contributed by atoms with Crippen LogP contribution in [-0.4, -0.2) is 28.0 Å². The molecule has 2 aromatic rings. The molecule has 1 aromatic carbocycles. The molecule has 1 aromatic heterocycles. The van der Waals surface area contributed by atoms with Gasteiger partial charge in [0.15, 0.2) is 0 Å². The molecule has 0 bridgehead atoms. The molecule has 2 aliphatic carbocycles. The minimum atomic E-state index is -1.07. The van der Waals surface area contributed by atoms with Crippen molar-refractivity contribution in [1.82, 2.24) is 10.3 Å². The number of benzene rings is 1. The summed E-state index contributed by atoms with van der Waals surface area (Å²) in [4.78, 5) is 38.8. The molecule has 2 fully saturated rings. The van der Waals surface area contributed by atoms with Crippen molar-refractivity contribution in [1.29, 1.82) is 0 Å². The van der Waals surface area contributed by atoms with Gasteiger partial charge < -0.3 is 15.4 Å². The van der Waals surface area contributed by atoms with E-state index in [2.05, 4.69) is 16.4 Å². The number of hydrogen-bond acceptors (Lipinski definition) is 3. The highest BCUT2D eigenvalue weighted by molar-refractivity contribution is 6.31. The maximum Gasteiger partial charge on any atom is 0.325 e. The van der Waals surface area contributed by atoms with Gasteiger partial charge in [-0.05, 0) is 74.1 Å². The number of rotatable bonds is 9. The highest BCUT2D eigenvalue weighted by atomic mass is 35.5. The second kappa shape index (κ2) is 10.6. The van der Waals surface area contributed by atoms with Crippen LogP contribution in [0.2, 0.25) is 5.02 Å². The number of carboxylic acid groups (broad SMARTS) is 1. The van der Waals surface area contributed by atoms with Gasteiger partial charge in [-0.1, -0.05) is 48.7 Å². The first-order valence-corrected chi connectivity index (χ1v) is 12.5.